The van der Waals surface area contributed by atoms with E-state index in [0.29, 0.717) is 17.4 Å². The van der Waals surface area contributed by atoms with Crippen LogP contribution < -0.4 is 5.32 Å². The summed E-state index contributed by atoms with van der Waals surface area (Å²) in [6, 6.07) is 8.06. The zero-order valence-electron chi connectivity index (χ0n) is 15.3. The summed E-state index contributed by atoms with van der Waals surface area (Å²) in [6.45, 7) is 3.70. The van der Waals surface area contributed by atoms with Gasteiger partial charge < -0.3 is 15.2 Å². The van der Waals surface area contributed by atoms with Gasteiger partial charge in [-0.05, 0) is 41.7 Å². The number of carbonyl (C=O) groups excluding carboxylic acids is 1. The van der Waals surface area contributed by atoms with Crippen LogP contribution in [-0.4, -0.2) is 56.6 Å². The molecule has 0 aliphatic carbocycles. The van der Waals surface area contributed by atoms with E-state index in [1.165, 1.54) is 0 Å². The van der Waals surface area contributed by atoms with Crippen molar-refractivity contribution in [3.63, 3.8) is 0 Å². The highest BCUT2D eigenvalue weighted by Gasteiger charge is 2.38. The van der Waals surface area contributed by atoms with E-state index >= 15 is 0 Å². The molecule has 140 valence electrons. The monoisotopic (exact) mass is 372 g/mol. The molecule has 0 radical (unpaired) electrons. The highest BCUT2D eigenvalue weighted by molar-refractivity contribution is 6.02. The van der Waals surface area contributed by atoms with Crippen LogP contribution in [0.5, 0.6) is 0 Å². The van der Waals surface area contributed by atoms with Crippen LogP contribution >= 0.6 is 0 Å². The first kappa shape index (κ1) is 15.8. The summed E-state index contributed by atoms with van der Waals surface area (Å²) >= 11 is 0. The summed E-state index contributed by atoms with van der Waals surface area (Å²) in [5, 5.41) is 8.90. The molecule has 2 unspecified atom stereocenters. The maximum atomic E-state index is 13.2. The standard InChI is InChI=1S/C21H20N6O/c28-21(26-11-14-7-22-8-15(14)12-26)18-10-25-27-5-3-13(6-19(18)27)17-9-24-20-16(17)2-1-4-23-20/h1-6,9-10,14-15,22H,7-8,11-12H2,(H,23,24). The number of amides is 1. The molecule has 4 aromatic heterocycles. The fourth-order valence-corrected chi connectivity index (χ4v) is 4.70. The molecule has 2 saturated heterocycles. The van der Waals surface area contributed by atoms with Gasteiger partial charge >= 0.3 is 0 Å². The maximum absolute atomic E-state index is 13.2. The van der Waals surface area contributed by atoms with Crippen LogP contribution in [0.25, 0.3) is 27.7 Å². The molecule has 7 nitrogen and oxygen atoms in total. The Bertz CT molecular complexity index is 1200. The Morgan fingerprint density at radius 3 is 2.89 bits per heavy atom. The van der Waals surface area contributed by atoms with Crippen molar-refractivity contribution in [2.24, 2.45) is 11.8 Å². The van der Waals surface area contributed by atoms with Crippen molar-refractivity contribution in [2.75, 3.05) is 26.2 Å². The van der Waals surface area contributed by atoms with Crippen LogP contribution in [0.15, 0.2) is 49.1 Å². The van der Waals surface area contributed by atoms with Crippen molar-refractivity contribution in [2.45, 2.75) is 0 Å². The van der Waals surface area contributed by atoms with Gasteiger partial charge in [-0.3, -0.25) is 4.79 Å². The van der Waals surface area contributed by atoms with Crippen LogP contribution in [-0.2, 0) is 0 Å². The minimum absolute atomic E-state index is 0.0853. The van der Waals surface area contributed by atoms with E-state index in [1.54, 1.807) is 16.9 Å². The van der Waals surface area contributed by atoms with Gasteiger partial charge in [-0.15, -0.1) is 0 Å². The number of hydrogen-bond acceptors (Lipinski definition) is 4. The highest BCUT2D eigenvalue weighted by Crippen LogP contribution is 2.31. The van der Waals surface area contributed by atoms with Crippen molar-refractivity contribution in [1.82, 2.24) is 29.8 Å². The van der Waals surface area contributed by atoms with Crippen LogP contribution in [0.1, 0.15) is 10.4 Å². The molecule has 0 spiro atoms. The van der Waals surface area contributed by atoms with Crippen LogP contribution in [0.3, 0.4) is 0 Å². The fourth-order valence-electron chi connectivity index (χ4n) is 4.70. The van der Waals surface area contributed by atoms with E-state index in [0.717, 1.165) is 53.9 Å². The van der Waals surface area contributed by atoms with Crippen molar-refractivity contribution >= 4 is 22.5 Å². The minimum Gasteiger partial charge on any atom is -0.346 e. The number of nitrogens with zero attached hydrogens (tertiary/aromatic N) is 4. The second-order valence-corrected chi connectivity index (χ2v) is 7.79. The zero-order valence-corrected chi connectivity index (χ0v) is 15.3. The van der Waals surface area contributed by atoms with Gasteiger partial charge in [0, 0.05) is 55.7 Å². The van der Waals surface area contributed by atoms with Crippen molar-refractivity contribution < 1.29 is 4.79 Å². The fraction of sp³-hybridized carbons (Fsp3) is 0.286. The van der Waals surface area contributed by atoms with Gasteiger partial charge in [0.25, 0.3) is 5.91 Å². The molecule has 6 rings (SSSR count). The number of aromatic nitrogens is 4. The normalized spacial score (nSPS) is 21.6. The van der Waals surface area contributed by atoms with Crippen molar-refractivity contribution in [3.05, 3.63) is 54.6 Å². The second kappa shape index (κ2) is 5.90. The number of carbonyl (C=O) groups is 1. The Kier molecular flexibility index (Phi) is 3.34. The Hall–Kier alpha value is -3.19. The third-order valence-corrected chi connectivity index (χ3v) is 6.19. The summed E-state index contributed by atoms with van der Waals surface area (Å²) < 4.78 is 1.78. The van der Waals surface area contributed by atoms with Gasteiger partial charge in [-0.25, -0.2) is 9.50 Å². The number of pyridine rings is 2. The average Bonchev–Trinajstić information content (AvgIpc) is 3.48. The number of likely N-dealkylation sites (tertiary alicyclic amines) is 1. The third kappa shape index (κ3) is 2.29. The smallest absolute Gasteiger partial charge is 0.257 e. The molecule has 1 amide bonds. The van der Waals surface area contributed by atoms with Gasteiger partial charge in [-0.2, -0.15) is 5.10 Å². The molecule has 0 saturated carbocycles. The Morgan fingerprint density at radius 1 is 1.18 bits per heavy atom. The summed E-state index contributed by atoms with van der Waals surface area (Å²) in [6.07, 6.45) is 7.36. The van der Waals surface area contributed by atoms with E-state index in [4.69, 9.17) is 0 Å². The molecule has 2 fully saturated rings. The lowest BCUT2D eigenvalue weighted by molar-refractivity contribution is 0.0783. The Morgan fingerprint density at radius 2 is 2.04 bits per heavy atom. The summed E-state index contributed by atoms with van der Waals surface area (Å²) in [5.74, 6) is 1.25. The molecule has 7 heteroatoms. The quantitative estimate of drug-likeness (QED) is 0.565. The molecule has 0 aromatic carbocycles. The molecule has 2 N–H and O–H groups in total. The molecule has 2 aliphatic rings. The number of fused-ring (bicyclic) bond motifs is 3. The first-order valence-corrected chi connectivity index (χ1v) is 9.68. The maximum Gasteiger partial charge on any atom is 0.257 e. The SMILES string of the molecule is O=C(c1cnn2ccc(-c3c[nH]c4ncccc34)cc12)N1CC2CNCC2C1. The Balaban J connectivity index is 1.40. The summed E-state index contributed by atoms with van der Waals surface area (Å²) in [7, 11) is 0. The topological polar surface area (TPSA) is 78.3 Å². The third-order valence-electron chi connectivity index (χ3n) is 6.19. The van der Waals surface area contributed by atoms with E-state index in [-0.39, 0.29) is 5.91 Å². The first-order valence-electron chi connectivity index (χ1n) is 9.68. The molecular formula is C21H20N6O. The minimum atomic E-state index is 0.0853. The number of H-pyrrole nitrogens is 1. The van der Waals surface area contributed by atoms with E-state index in [1.807, 2.05) is 35.5 Å². The largest absolute Gasteiger partial charge is 0.346 e. The Labute approximate surface area is 161 Å². The van der Waals surface area contributed by atoms with Crippen LogP contribution in [0.4, 0.5) is 0 Å². The summed E-state index contributed by atoms with van der Waals surface area (Å²) in [5.41, 5.74) is 4.50. The molecule has 0 bridgehead atoms. The van der Waals surface area contributed by atoms with Crippen molar-refractivity contribution in [1.29, 1.82) is 0 Å². The molecule has 28 heavy (non-hydrogen) atoms. The lowest BCUT2D eigenvalue weighted by Gasteiger charge is -2.16. The van der Waals surface area contributed by atoms with Gasteiger partial charge in [0.2, 0.25) is 0 Å². The van der Waals surface area contributed by atoms with E-state index < -0.39 is 0 Å². The molecule has 2 atom stereocenters. The zero-order chi connectivity index (χ0) is 18.7. The van der Waals surface area contributed by atoms with Gasteiger partial charge in [0.1, 0.15) is 5.65 Å². The predicted octanol–water partition coefficient (Wildman–Crippen LogP) is 2.17. The van der Waals surface area contributed by atoms with Crippen LogP contribution in [0, 0.1) is 11.8 Å². The number of hydrogen-bond donors (Lipinski definition) is 2. The lowest BCUT2D eigenvalue weighted by atomic mass is 10.0. The number of nitrogens with one attached hydrogen (secondary N) is 2. The van der Waals surface area contributed by atoms with Gasteiger partial charge in [0.05, 0.1) is 17.3 Å². The van der Waals surface area contributed by atoms with Gasteiger partial charge in [0.15, 0.2) is 0 Å². The van der Waals surface area contributed by atoms with E-state index in [2.05, 4.69) is 26.4 Å². The first-order chi connectivity index (χ1) is 13.8. The van der Waals surface area contributed by atoms with E-state index in [9.17, 15) is 4.79 Å². The number of aromatic amines is 1. The summed E-state index contributed by atoms with van der Waals surface area (Å²) in [4.78, 5) is 22.8. The average molecular weight is 372 g/mol. The number of rotatable bonds is 2. The molecular weight excluding hydrogens is 352 g/mol. The second-order valence-electron chi connectivity index (χ2n) is 7.79. The molecule has 6 heterocycles. The van der Waals surface area contributed by atoms with Crippen LogP contribution in [0.2, 0.25) is 0 Å². The molecule has 2 aliphatic heterocycles. The molecule has 4 aromatic rings. The highest BCUT2D eigenvalue weighted by atomic mass is 16.2. The predicted molar refractivity (Wildman–Crippen MR) is 106 cm³/mol. The lowest BCUT2D eigenvalue weighted by Crippen LogP contribution is -2.31. The van der Waals surface area contributed by atoms with Crippen molar-refractivity contribution in [3.8, 4) is 11.1 Å². The van der Waals surface area contributed by atoms with Gasteiger partial charge in [-0.1, -0.05) is 0 Å².